The van der Waals surface area contributed by atoms with Gasteiger partial charge in [-0.2, -0.15) is 0 Å². The van der Waals surface area contributed by atoms with Crippen molar-refractivity contribution in [2.24, 2.45) is 12.0 Å². The summed E-state index contributed by atoms with van der Waals surface area (Å²) in [6.45, 7) is 1.03. The lowest BCUT2D eigenvalue weighted by molar-refractivity contribution is -0.121. The van der Waals surface area contributed by atoms with Gasteiger partial charge in [0.2, 0.25) is 5.91 Å². The number of hydrogen-bond donors (Lipinski definition) is 2. The molecule has 1 fully saturated rings. The minimum Gasteiger partial charge on any atom is -0.356 e. The summed E-state index contributed by atoms with van der Waals surface area (Å²) >= 11 is 6.00. The zero-order valence-corrected chi connectivity index (χ0v) is 16.9. The van der Waals surface area contributed by atoms with Crippen LogP contribution in [0.2, 0.25) is 5.02 Å². The predicted molar refractivity (Wildman–Crippen MR) is 103 cm³/mol. The first-order chi connectivity index (χ1) is 12.2. The lowest BCUT2D eigenvalue weighted by Crippen LogP contribution is -2.41. The fourth-order valence-corrected chi connectivity index (χ4v) is 4.87. The van der Waals surface area contributed by atoms with Crippen LogP contribution in [-0.4, -0.2) is 67.9 Å². The van der Waals surface area contributed by atoms with Crippen molar-refractivity contribution in [2.75, 3.05) is 32.1 Å². The maximum Gasteiger partial charge on any atom is 0.222 e. The minimum absolute atomic E-state index is 0.0375. The Morgan fingerprint density at radius 3 is 2.77 bits per heavy atom. The second-order valence-corrected chi connectivity index (χ2v) is 9.17. The first kappa shape index (κ1) is 20.6. The third-order valence-electron chi connectivity index (χ3n) is 4.28. The average molecular weight is 404 g/mol. The molecule has 10 heteroatoms. The highest BCUT2D eigenvalue weighted by atomic mass is 35.5. The zero-order chi connectivity index (χ0) is 19.3. The van der Waals surface area contributed by atoms with Gasteiger partial charge in [0.25, 0.3) is 0 Å². The van der Waals surface area contributed by atoms with E-state index >= 15 is 0 Å². The van der Waals surface area contributed by atoms with Crippen molar-refractivity contribution < 1.29 is 13.2 Å². The summed E-state index contributed by atoms with van der Waals surface area (Å²) in [4.78, 5) is 18.1. The lowest BCUT2D eigenvalue weighted by Gasteiger charge is -2.22. The smallest absolute Gasteiger partial charge is 0.222 e. The van der Waals surface area contributed by atoms with Crippen molar-refractivity contribution in [3.05, 3.63) is 23.0 Å². The van der Waals surface area contributed by atoms with Gasteiger partial charge in [0, 0.05) is 52.0 Å². The first-order valence-corrected chi connectivity index (χ1v) is 10.6. The largest absolute Gasteiger partial charge is 0.356 e. The van der Waals surface area contributed by atoms with Crippen LogP contribution in [0.15, 0.2) is 17.3 Å². The number of hydrogen-bond acceptors (Lipinski definition) is 4. The molecule has 2 rings (SSSR count). The summed E-state index contributed by atoms with van der Waals surface area (Å²) in [7, 11) is 2.52. The Morgan fingerprint density at radius 2 is 2.23 bits per heavy atom. The molecule has 1 aliphatic rings. The van der Waals surface area contributed by atoms with Crippen LogP contribution in [0.1, 0.15) is 18.5 Å². The lowest BCUT2D eigenvalue weighted by atomic mass is 10.2. The first-order valence-electron chi connectivity index (χ1n) is 8.42. The van der Waals surface area contributed by atoms with Crippen molar-refractivity contribution >= 4 is 33.3 Å². The number of carbonyl (C=O) groups excluding carboxylic acids is 1. The van der Waals surface area contributed by atoms with Crippen LogP contribution >= 0.6 is 11.6 Å². The number of sulfone groups is 1. The number of carbonyl (C=O) groups is 1. The van der Waals surface area contributed by atoms with Crippen LogP contribution in [0, 0.1) is 0 Å². The van der Waals surface area contributed by atoms with Crippen LogP contribution in [0.5, 0.6) is 0 Å². The highest BCUT2D eigenvalue weighted by Gasteiger charge is 2.28. The summed E-state index contributed by atoms with van der Waals surface area (Å²) in [6.07, 6.45) is 2.58. The highest BCUT2D eigenvalue weighted by Crippen LogP contribution is 2.14. The van der Waals surface area contributed by atoms with Gasteiger partial charge in [-0.1, -0.05) is 11.6 Å². The van der Waals surface area contributed by atoms with Crippen molar-refractivity contribution in [3.63, 3.8) is 0 Å². The average Bonchev–Trinajstić information content (AvgIpc) is 3.04. The quantitative estimate of drug-likeness (QED) is 0.528. The molecule has 0 aliphatic carbocycles. The van der Waals surface area contributed by atoms with E-state index in [-0.39, 0.29) is 29.9 Å². The molecule has 8 nitrogen and oxygen atoms in total. The van der Waals surface area contributed by atoms with E-state index in [1.54, 1.807) is 7.05 Å². The van der Waals surface area contributed by atoms with Gasteiger partial charge in [0.15, 0.2) is 15.8 Å². The molecular formula is C16H26ClN5O3S. The molecule has 0 bridgehead atoms. The highest BCUT2D eigenvalue weighted by molar-refractivity contribution is 7.91. The van der Waals surface area contributed by atoms with E-state index in [0.29, 0.717) is 30.5 Å². The topological polar surface area (TPSA) is 95.8 Å². The minimum atomic E-state index is -2.99. The number of rotatable bonds is 6. The number of nitrogens with zero attached hydrogens (tertiary/aromatic N) is 3. The number of aryl methyl sites for hydroxylation is 1. The van der Waals surface area contributed by atoms with Gasteiger partial charge in [0.1, 0.15) is 0 Å². The van der Waals surface area contributed by atoms with E-state index in [9.17, 15) is 13.2 Å². The van der Waals surface area contributed by atoms with Crippen molar-refractivity contribution in [1.29, 1.82) is 0 Å². The fraction of sp³-hybridized carbons (Fsp3) is 0.625. The van der Waals surface area contributed by atoms with E-state index in [1.807, 2.05) is 35.8 Å². The number of guanidine groups is 1. The normalized spacial score (nSPS) is 19.4. The molecule has 1 atom stereocenters. The van der Waals surface area contributed by atoms with Gasteiger partial charge in [-0.3, -0.25) is 9.79 Å². The van der Waals surface area contributed by atoms with Crippen LogP contribution in [0.25, 0.3) is 0 Å². The monoisotopic (exact) mass is 403 g/mol. The second kappa shape index (κ2) is 8.77. The van der Waals surface area contributed by atoms with Crippen LogP contribution < -0.4 is 10.6 Å². The Morgan fingerprint density at radius 1 is 1.50 bits per heavy atom. The zero-order valence-electron chi connectivity index (χ0n) is 15.3. The molecule has 146 valence electrons. The molecule has 2 N–H and O–H groups in total. The van der Waals surface area contributed by atoms with Gasteiger partial charge in [0.05, 0.1) is 23.1 Å². The van der Waals surface area contributed by atoms with Gasteiger partial charge in [-0.05, 0) is 12.5 Å². The maximum absolute atomic E-state index is 12.0. The molecule has 1 aromatic heterocycles. The molecule has 1 saturated heterocycles. The summed E-state index contributed by atoms with van der Waals surface area (Å²) in [6, 6.07) is 1.63. The van der Waals surface area contributed by atoms with Crippen molar-refractivity contribution in [1.82, 2.24) is 20.1 Å². The molecule has 26 heavy (non-hydrogen) atoms. The molecule has 1 amide bonds. The molecule has 0 aromatic carbocycles. The molecule has 1 unspecified atom stereocenters. The predicted octanol–water partition coefficient (Wildman–Crippen LogP) is 0.379. The Balaban J connectivity index is 1.76. The van der Waals surface area contributed by atoms with Gasteiger partial charge in [-0.25, -0.2) is 8.42 Å². The third kappa shape index (κ3) is 5.91. The fourth-order valence-electron chi connectivity index (χ4n) is 2.92. The number of amides is 1. The van der Waals surface area contributed by atoms with Crippen LogP contribution in [0.4, 0.5) is 0 Å². The van der Waals surface area contributed by atoms with Gasteiger partial charge >= 0.3 is 0 Å². The van der Waals surface area contributed by atoms with E-state index in [1.165, 1.54) is 0 Å². The van der Waals surface area contributed by atoms with E-state index < -0.39 is 9.84 Å². The Bertz CT molecular complexity index is 775. The number of nitrogens with one attached hydrogen (secondary N) is 2. The van der Waals surface area contributed by atoms with E-state index in [4.69, 9.17) is 11.6 Å². The molecule has 2 heterocycles. The Kier molecular flexibility index (Phi) is 6.94. The SMILES string of the molecule is CN=C(NCCC(=O)NC1CCS(=O)(=O)C1)N(C)Cc1cc(Cl)cn1C. The van der Waals surface area contributed by atoms with E-state index in [0.717, 1.165) is 5.69 Å². The molecular weight excluding hydrogens is 378 g/mol. The maximum atomic E-state index is 12.0. The molecule has 0 spiro atoms. The summed E-state index contributed by atoms with van der Waals surface area (Å²) in [5.41, 5.74) is 1.04. The molecule has 1 aliphatic heterocycles. The standard InChI is InChI=1S/C16H26ClN5O3S/c1-18-16(22(3)10-14-8-12(17)9-21(14)2)19-6-4-15(23)20-13-5-7-26(24,25)11-13/h8-9,13H,4-7,10-11H2,1-3H3,(H,18,19)(H,20,23). The Hall–Kier alpha value is -1.74. The number of aliphatic imine (C=N–C) groups is 1. The molecule has 0 radical (unpaired) electrons. The number of halogens is 1. The third-order valence-corrected chi connectivity index (χ3v) is 6.25. The van der Waals surface area contributed by atoms with Crippen LogP contribution in [0.3, 0.4) is 0 Å². The van der Waals surface area contributed by atoms with Crippen molar-refractivity contribution in [3.8, 4) is 0 Å². The summed E-state index contributed by atoms with van der Waals surface area (Å²) in [5, 5.41) is 6.60. The molecule has 0 saturated carbocycles. The second-order valence-electron chi connectivity index (χ2n) is 6.51. The van der Waals surface area contributed by atoms with Crippen LogP contribution in [-0.2, 0) is 28.2 Å². The van der Waals surface area contributed by atoms with Gasteiger partial charge < -0.3 is 20.1 Å². The van der Waals surface area contributed by atoms with E-state index in [2.05, 4.69) is 15.6 Å². The summed E-state index contributed by atoms with van der Waals surface area (Å²) < 4.78 is 24.8. The Labute approximate surface area is 159 Å². The summed E-state index contributed by atoms with van der Waals surface area (Å²) in [5.74, 6) is 0.692. The van der Waals surface area contributed by atoms with Gasteiger partial charge in [-0.15, -0.1) is 0 Å². The van der Waals surface area contributed by atoms with Crippen molar-refractivity contribution in [2.45, 2.75) is 25.4 Å². The molecule has 1 aromatic rings. The number of aromatic nitrogens is 1.